The first-order chi connectivity index (χ1) is 8.68. The van der Waals surface area contributed by atoms with Gasteiger partial charge in [0.1, 0.15) is 0 Å². The van der Waals surface area contributed by atoms with E-state index in [1.165, 1.54) is 0 Å². The zero-order valence-corrected chi connectivity index (χ0v) is 12.6. The number of carboxylic acid groups (broad SMARTS) is 2. The molecule has 104 valence electrons. The van der Waals surface area contributed by atoms with Gasteiger partial charge in [0.25, 0.3) is 0 Å². The molecule has 0 heterocycles. The molecular formula is C10H3Cl5O4-2. The van der Waals surface area contributed by atoms with Crippen molar-refractivity contribution in [3.05, 3.63) is 30.7 Å². The van der Waals surface area contributed by atoms with Gasteiger partial charge in [0.15, 0.2) is 0 Å². The molecular weight excluding hydrogens is 361 g/mol. The Balaban J connectivity index is 3.55. The minimum atomic E-state index is -1.71. The number of aliphatic carboxylic acids is 2. The Bertz CT molecular complexity index is 528. The Morgan fingerprint density at radius 3 is 1.53 bits per heavy atom. The van der Waals surface area contributed by atoms with E-state index in [1.807, 2.05) is 0 Å². The number of carboxylic acids is 2. The highest BCUT2D eigenvalue weighted by Crippen LogP contribution is 2.46. The second-order valence-electron chi connectivity index (χ2n) is 3.43. The van der Waals surface area contributed by atoms with Crippen molar-refractivity contribution in [2.45, 2.75) is 12.3 Å². The summed E-state index contributed by atoms with van der Waals surface area (Å²) in [5, 5.41) is 20.4. The number of carbonyl (C=O) groups is 2. The van der Waals surface area contributed by atoms with Gasteiger partial charge in [0.2, 0.25) is 0 Å². The van der Waals surface area contributed by atoms with Crippen LogP contribution in [0.15, 0.2) is 0 Å². The van der Waals surface area contributed by atoms with Crippen molar-refractivity contribution in [2.75, 3.05) is 0 Å². The topological polar surface area (TPSA) is 80.3 Å². The Kier molecular flexibility index (Phi) is 5.59. The minimum absolute atomic E-state index is 0.160. The fraction of sp³-hybridized carbons (Fsp3) is 0.200. The van der Waals surface area contributed by atoms with Crippen molar-refractivity contribution in [1.29, 1.82) is 0 Å². The highest BCUT2D eigenvalue weighted by atomic mass is 35.5. The molecule has 0 aliphatic rings. The second-order valence-corrected chi connectivity index (χ2v) is 5.32. The summed E-state index contributed by atoms with van der Waals surface area (Å²) in [5.41, 5.74) is -0.271. The predicted octanol–water partition coefficient (Wildman–Crippen LogP) is 1.93. The molecule has 1 atom stereocenters. The van der Waals surface area contributed by atoms with E-state index in [0.29, 0.717) is 0 Å². The summed E-state index contributed by atoms with van der Waals surface area (Å²) >= 11 is 28.9. The SMILES string of the molecule is O=C([O-])CC(C(=O)[O-])c1c(Cl)c(Cl)c(Cl)c(Cl)c1Cl. The van der Waals surface area contributed by atoms with Crippen LogP contribution in [0.2, 0.25) is 25.1 Å². The molecule has 1 aromatic carbocycles. The number of hydrogen-bond donors (Lipinski definition) is 0. The minimum Gasteiger partial charge on any atom is -0.550 e. The third kappa shape index (κ3) is 3.38. The van der Waals surface area contributed by atoms with Gasteiger partial charge < -0.3 is 19.8 Å². The molecule has 19 heavy (non-hydrogen) atoms. The predicted molar refractivity (Wildman–Crippen MR) is 68.9 cm³/mol. The summed E-state index contributed by atoms with van der Waals surface area (Å²) in [6.07, 6.45) is -0.893. The van der Waals surface area contributed by atoms with Crippen LogP contribution in [0.3, 0.4) is 0 Å². The van der Waals surface area contributed by atoms with Gasteiger partial charge in [0.05, 0.1) is 25.1 Å². The molecule has 0 aliphatic heterocycles. The molecule has 0 spiro atoms. The summed E-state index contributed by atoms with van der Waals surface area (Å²) in [6, 6.07) is 0. The van der Waals surface area contributed by atoms with Crippen LogP contribution in [0.1, 0.15) is 17.9 Å². The molecule has 4 nitrogen and oxygen atoms in total. The molecule has 0 radical (unpaired) electrons. The highest BCUT2D eigenvalue weighted by Gasteiger charge is 2.26. The largest absolute Gasteiger partial charge is 0.550 e. The van der Waals surface area contributed by atoms with E-state index >= 15 is 0 Å². The van der Waals surface area contributed by atoms with E-state index in [-0.39, 0.29) is 30.7 Å². The Morgan fingerprint density at radius 2 is 1.21 bits per heavy atom. The average Bonchev–Trinajstić information content (AvgIpc) is 2.32. The van der Waals surface area contributed by atoms with E-state index in [4.69, 9.17) is 58.0 Å². The molecule has 0 fully saturated rings. The quantitative estimate of drug-likeness (QED) is 0.604. The molecule has 0 aliphatic carbocycles. The van der Waals surface area contributed by atoms with Crippen LogP contribution in [0.4, 0.5) is 0 Å². The Labute approximate surface area is 132 Å². The molecule has 0 saturated carbocycles. The van der Waals surface area contributed by atoms with Crippen LogP contribution in [-0.4, -0.2) is 11.9 Å². The van der Waals surface area contributed by atoms with Gasteiger partial charge in [0, 0.05) is 23.4 Å². The molecule has 9 heteroatoms. The van der Waals surface area contributed by atoms with Crippen LogP contribution < -0.4 is 10.2 Å². The van der Waals surface area contributed by atoms with Gasteiger partial charge in [-0.25, -0.2) is 0 Å². The maximum atomic E-state index is 11.0. The third-order valence-electron chi connectivity index (χ3n) is 2.25. The first-order valence-electron chi connectivity index (χ1n) is 4.60. The first kappa shape index (κ1) is 16.7. The molecule has 1 aromatic rings. The van der Waals surface area contributed by atoms with Gasteiger partial charge in [-0.1, -0.05) is 58.0 Å². The zero-order valence-electron chi connectivity index (χ0n) is 8.81. The van der Waals surface area contributed by atoms with Crippen molar-refractivity contribution in [2.24, 2.45) is 0 Å². The van der Waals surface area contributed by atoms with Crippen molar-refractivity contribution in [3.8, 4) is 0 Å². The molecule has 0 bridgehead atoms. The molecule has 0 saturated heterocycles. The third-order valence-corrected chi connectivity index (χ3v) is 4.55. The van der Waals surface area contributed by atoms with Gasteiger partial charge >= 0.3 is 0 Å². The summed E-state index contributed by atoms with van der Waals surface area (Å²) in [7, 11) is 0. The summed E-state index contributed by atoms with van der Waals surface area (Å²) in [4.78, 5) is 21.6. The van der Waals surface area contributed by atoms with Crippen LogP contribution in [0.25, 0.3) is 0 Å². The Morgan fingerprint density at radius 1 is 0.842 bits per heavy atom. The van der Waals surface area contributed by atoms with Crippen LogP contribution >= 0.6 is 58.0 Å². The lowest BCUT2D eigenvalue weighted by Crippen LogP contribution is -2.35. The lowest BCUT2D eigenvalue weighted by atomic mass is 9.95. The smallest absolute Gasteiger partial charge is 0.0809 e. The fourth-order valence-corrected chi connectivity index (χ4v) is 2.81. The number of benzene rings is 1. The number of rotatable bonds is 4. The van der Waals surface area contributed by atoms with Gasteiger partial charge in [-0.15, -0.1) is 0 Å². The van der Waals surface area contributed by atoms with E-state index in [1.54, 1.807) is 0 Å². The van der Waals surface area contributed by atoms with Crippen molar-refractivity contribution in [1.82, 2.24) is 0 Å². The van der Waals surface area contributed by atoms with Gasteiger partial charge in [-0.2, -0.15) is 0 Å². The number of hydrogen-bond acceptors (Lipinski definition) is 4. The molecule has 0 aromatic heterocycles. The molecule has 1 unspecified atom stereocenters. The fourth-order valence-electron chi connectivity index (χ4n) is 1.40. The molecule has 0 N–H and O–H groups in total. The maximum Gasteiger partial charge on any atom is 0.0809 e. The van der Waals surface area contributed by atoms with E-state index in [0.717, 1.165) is 0 Å². The standard InChI is InChI=1S/C10H5Cl5O4/c11-5-4(2(10(18)19)1-3(16)17)6(12)8(14)9(15)7(5)13/h2H,1H2,(H,16,17)(H,18,19)/p-2. The second kappa shape index (κ2) is 6.37. The van der Waals surface area contributed by atoms with Gasteiger partial charge in [-0.05, 0) is 6.42 Å². The normalized spacial score (nSPS) is 12.3. The van der Waals surface area contributed by atoms with Crippen molar-refractivity contribution in [3.63, 3.8) is 0 Å². The monoisotopic (exact) mass is 362 g/mol. The first-order valence-corrected chi connectivity index (χ1v) is 6.49. The average molecular weight is 364 g/mol. The molecule has 1 rings (SSSR count). The van der Waals surface area contributed by atoms with Crippen LogP contribution in [0, 0.1) is 0 Å². The van der Waals surface area contributed by atoms with Crippen LogP contribution in [0.5, 0.6) is 0 Å². The number of halogens is 5. The van der Waals surface area contributed by atoms with Crippen molar-refractivity contribution >= 4 is 69.9 Å². The summed E-state index contributed by atoms with van der Waals surface area (Å²) in [6.45, 7) is 0. The maximum absolute atomic E-state index is 11.0. The van der Waals surface area contributed by atoms with E-state index < -0.39 is 24.3 Å². The van der Waals surface area contributed by atoms with E-state index in [2.05, 4.69) is 0 Å². The van der Waals surface area contributed by atoms with Crippen LogP contribution in [-0.2, 0) is 9.59 Å². The lowest BCUT2D eigenvalue weighted by Gasteiger charge is -2.23. The Hall–Kier alpha value is -0.390. The van der Waals surface area contributed by atoms with E-state index in [9.17, 15) is 19.8 Å². The van der Waals surface area contributed by atoms with Crippen molar-refractivity contribution < 1.29 is 19.8 Å². The number of carbonyl (C=O) groups excluding carboxylic acids is 2. The van der Waals surface area contributed by atoms with Gasteiger partial charge in [-0.3, -0.25) is 0 Å². The zero-order chi connectivity index (χ0) is 14.9. The summed E-state index contributed by atoms with van der Waals surface area (Å²) < 4.78 is 0. The highest BCUT2D eigenvalue weighted by molar-refractivity contribution is 6.55. The molecule has 0 amide bonds. The summed E-state index contributed by atoms with van der Waals surface area (Å²) in [5.74, 6) is -4.98. The lowest BCUT2D eigenvalue weighted by molar-refractivity contribution is -0.317.